The standard InChI is InChI=1S/C30H64N6O12/c31-1-7-37-13-19-43-25-28-46-22-16-40-10-4-36(5-11-41-17-23-47-29-26-44-20-14-38-8-2-32)6-12-42-18-24-48-30-27-45-21-15-39-9-3-34-35-33/h1-32H2. The second-order valence-electron chi connectivity index (χ2n) is 9.72. The topological polar surface area (TPSA) is 215 Å². The molecule has 0 bridgehead atoms. The molecule has 286 valence electrons. The highest BCUT2D eigenvalue weighted by Gasteiger charge is 2.06. The molecule has 0 aromatic heterocycles. The zero-order valence-corrected chi connectivity index (χ0v) is 29.1. The minimum Gasteiger partial charge on any atom is -0.379 e. The van der Waals surface area contributed by atoms with E-state index in [1.807, 2.05) is 0 Å². The summed E-state index contributed by atoms with van der Waals surface area (Å²) in [4.78, 5) is 4.91. The Labute approximate surface area is 286 Å². The van der Waals surface area contributed by atoms with Crippen molar-refractivity contribution < 1.29 is 56.8 Å². The van der Waals surface area contributed by atoms with Crippen LogP contribution >= 0.6 is 0 Å². The number of hydrogen-bond acceptors (Lipinski definition) is 16. The highest BCUT2D eigenvalue weighted by Crippen LogP contribution is 1.93. The van der Waals surface area contributed by atoms with Gasteiger partial charge in [-0.2, -0.15) is 0 Å². The Balaban J connectivity index is 3.93. The van der Waals surface area contributed by atoms with E-state index in [9.17, 15) is 0 Å². The molecule has 0 fully saturated rings. The molecule has 0 aliphatic carbocycles. The predicted octanol–water partition coefficient (Wildman–Crippen LogP) is -0.285. The monoisotopic (exact) mass is 700 g/mol. The summed E-state index contributed by atoms with van der Waals surface area (Å²) in [5.41, 5.74) is 18.9. The summed E-state index contributed by atoms with van der Waals surface area (Å²) in [6.45, 7) is 15.8. The van der Waals surface area contributed by atoms with Crippen LogP contribution in [0.15, 0.2) is 5.11 Å². The van der Waals surface area contributed by atoms with Crippen molar-refractivity contribution in [3.8, 4) is 0 Å². The van der Waals surface area contributed by atoms with Crippen molar-refractivity contribution in [2.75, 3.05) is 198 Å². The minimum absolute atomic E-state index is 0.319. The van der Waals surface area contributed by atoms with E-state index in [1.165, 1.54) is 0 Å². The van der Waals surface area contributed by atoms with Crippen molar-refractivity contribution in [2.24, 2.45) is 16.6 Å². The molecule has 0 spiro atoms. The summed E-state index contributed by atoms with van der Waals surface area (Å²) in [5.74, 6) is 0. The Morgan fingerprint density at radius 1 is 0.354 bits per heavy atom. The second kappa shape index (κ2) is 43.7. The van der Waals surface area contributed by atoms with E-state index in [4.69, 9.17) is 73.8 Å². The molecule has 0 radical (unpaired) electrons. The summed E-state index contributed by atoms with van der Waals surface area (Å²) in [7, 11) is 0. The predicted molar refractivity (Wildman–Crippen MR) is 178 cm³/mol. The van der Waals surface area contributed by atoms with E-state index >= 15 is 0 Å². The van der Waals surface area contributed by atoms with Gasteiger partial charge in [-0.15, -0.1) is 0 Å². The van der Waals surface area contributed by atoms with E-state index in [1.54, 1.807) is 0 Å². The van der Waals surface area contributed by atoms with E-state index in [-0.39, 0.29) is 0 Å². The van der Waals surface area contributed by atoms with Gasteiger partial charge < -0.3 is 68.3 Å². The molecule has 48 heavy (non-hydrogen) atoms. The maximum atomic E-state index is 8.20. The van der Waals surface area contributed by atoms with E-state index < -0.39 is 0 Å². The van der Waals surface area contributed by atoms with Crippen molar-refractivity contribution in [3.05, 3.63) is 10.4 Å². The third kappa shape index (κ3) is 40.9. The molecule has 0 saturated carbocycles. The van der Waals surface area contributed by atoms with Gasteiger partial charge >= 0.3 is 0 Å². The summed E-state index contributed by atoms with van der Waals surface area (Å²) in [5, 5.41) is 3.39. The van der Waals surface area contributed by atoms with Crippen molar-refractivity contribution >= 4 is 0 Å². The van der Waals surface area contributed by atoms with Gasteiger partial charge in [0.05, 0.1) is 159 Å². The molecule has 0 rings (SSSR count). The molecule has 18 nitrogen and oxygen atoms in total. The maximum absolute atomic E-state index is 8.20. The lowest BCUT2D eigenvalue weighted by molar-refractivity contribution is -0.0138. The molecule has 0 unspecified atom stereocenters. The van der Waals surface area contributed by atoms with Crippen LogP contribution in [-0.4, -0.2) is 203 Å². The molecule has 0 heterocycles. The van der Waals surface area contributed by atoms with E-state index in [0.717, 1.165) is 19.6 Å². The molecular formula is C30H64N6O12. The zero-order valence-electron chi connectivity index (χ0n) is 29.1. The van der Waals surface area contributed by atoms with Gasteiger partial charge in [-0.05, 0) is 5.53 Å². The Morgan fingerprint density at radius 3 is 0.833 bits per heavy atom. The van der Waals surface area contributed by atoms with Gasteiger partial charge in [0.2, 0.25) is 0 Å². The lowest BCUT2D eigenvalue weighted by atomic mass is 10.4. The highest BCUT2D eigenvalue weighted by atomic mass is 16.6. The molecular weight excluding hydrogens is 636 g/mol. The van der Waals surface area contributed by atoms with Gasteiger partial charge in [-0.25, -0.2) is 0 Å². The lowest BCUT2D eigenvalue weighted by Gasteiger charge is -2.22. The fourth-order valence-electron chi connectivity index (χ4n) is 3.52. The number of rotatable bonds is 43. The Hall–Kier alpha value is -1.29. The van der Waals surface area contributed by atoms with Crippen molar-refractivity contribution in [1.29, 1.82) is 0 Å². The normalized spacial score (nSPS) is 11.5. The number of nitrogens with zero attached hydrogens (tertiary/aromatic N) is 4. The summed E-state index contributed by atoms with van der Waals surface area (Å²) in [6.07, 6.45) is 0. The maximum Gasteiger partial charge on any atom is 0.0701 e. The average molecular weight is 701 g/mol. The van der Waals surface area contributed by atoms with E-state index in [0.29, 0.717) is 178 Å². The van der Waals surface area contributed by atoms with Gasteiger partial charge in [0, 0.05) is 44.2 Å². The molecule has 4 N–H and O–H groups in total. The second-order valence-corrected chi connectivity index (χ2v) is 9.72. The number of azide groups is 1. The van der Waals surface area contributed by atoms with Gasteiger partial charge in [0.25, 0.3) is 0 Å². The average Bonchev–Trinajstić information content (AvgIpc) is 3.10. The fraction of sp³-hybridized carbons (Fsp3) is 1.00. The smallest absolute Gasteiger partial charge is 0.0701 e. The van der Waals surface area contributed by atoms with Crippen molar-refractivity contribution in [3.63, 3.8) is 0 Å². The first kappa shape index (κ1) is 46.7. The first-order valence-corrected chi connectivity index (χ1v) is 16.9. The molecule has 0 amide bonds. The van der Waals surface area contributed by atoms with E-state index in [2.05, 4.69) is 14.9 Å². The first-order chi connectivity index (χ1) is 23.8. The molecule has 0 aliphatic rings. The van der Waals surface area contributed by atoms with Crippen LogP contribution in [0.2, 0.25) is 0 Å². The van der Waals surface area contributed by atoms with Crippen molar-refractivity contribution in [2.45, 2.75) is 0 Å². The summed E-state index contributed by atoms with van der Waals surface area (Å²) < 4.78 is 66.0. The highest BCUT2D eigenvalue weighted by molar-refractivity contribution is 4.57. The summed E-state index contributed by atoms with van der Waals surface area (Å²) >= 11 is 0. The third-order valence-electron chi connectivity index (χ3n) is 5.93. The molecule has 0 saturated heterocycles. The SMILES string of the molecule is [N-]=[N+]=NCCOCCOCCOCCOCCN(CCOCCOCCOCCOCCN)CCOCCOCCOCCOCCN. The zero-order chi connectivity index (χ0) is 34.7. The van der Waals surface area contributed by atoms with Crippen LogP contribution in [0.1, 0.15) is 0 Å². The van der Waals surface area contributed by atoms with Crippen LogP contribution in [0.5, 0.6) is 0 Å². The molecule has 0 aromatic rings. The molecule has 18 heteroatoms. The van der Waals surface area contributed by atoms with Crippen LogP contribution in [0, 0.1) is 0 Å². The van der Waals surface area contributed by atoms with Crippen LogP contribution in [0.3, 0.4) is 0 Å². The van der Waals surface area contributed by atoms with Crippen molar-refractivity contribution in [1.82, 2.24) is 4.90 Å². The van der Waals surface area contributed by atoms with Gasteiger partial charge in [-0.3, -0.25) is 4.90 Å². The summed E-state index contributed by atoms with van der Waals surface area (Å²) in [6, 6.07) is 0. The Bertz CT molecular complexity index is 630. The van der Waals surface area contributed by atoms with Crippen LogP contribution in [0.25, 0.3) is 10.4 Å². The first-order valence-electron chi connectivity index (χ1n) is 16.9. The molecule has 0 aliphatic heterocycles. The van der Waals surface area contributed by atoms with Crippen LogP contribution < -0.4 is 11.5 Å². The van der Waals surface area contributed by atoms with Gasteiger partial charge in [0.1, 0.15) is 0 Å². The Kier molecular flexibility index (Phi) is 42.6. The number of ether oxygens (including phenoxy) is 12. The quantitative estimate of drug-likeness (QED) is 0.0362. The number of hydrogen-bond donors (Lipinski definition) is 2. The Morgan fingerprint density at radius 2 is 0.583 bits per heavy atom. The van der Waals surface area contributed by atoms with Crippen LogP contribution in [0.4, 0.5) is 0 Å². The minimum atomic E-state index is 0.319. The molecule has 0 aromatic carbocycles. The largest absolute Gasteiger partial charge is 0.379 e. The lowest BCUT2D eigenvalue weighted by Crippen LogP contribution is -2.34. The number of nitrogens with two attached hydrogens (primary N) is 2. The van der Waals surface area contributed by atoms with Gasteiger partial charge in [-0.1, -0.05) is 5.11 Å². The molecule has 0 atom stereocenters. The van der Waals surface area contributed by atoms with Crippen LogP contribution in [-0.2, 0) is 56.8 Å². The fourth-order valence-corrected chi connectivity index (χ4v) is 3.52. The third-order valence-corrected chi connectivity index (χ3v) is 5.93. The van der Waals surface area contributed by atoms with Gasteiger partial charge in [0.15, 0.2) is 0 Å².